The maximum Gasteiger partial charge on any atom is 0.497 e. The highest BCUT2D eigenvalue weighted by atomic mass is 19.1. The van der Waals surface area contributed by atoms with Gasteiger partial charge in [0.15, 0.2) is 0 Å². The molecule has 1 N–H and O–H groups in total. The first-order chi connectivity index (χ1) is 10.0. The summed E-state index contributed by atoms with van der Waals surface area (Å²) in [5.41, 5.74) is -0.277. The Hall–Kier alpha value is -1.40. The molecule has 0 aliphatic carbocycles. The maximum absolute atomic E-state index is 14.3. The molecule has 1 saturated heterocycles. The molecule has 0 saturated carbocycles. The summed E-state index contributed by atoms with van der Waals surface area (Å²) in [5, 5.41) is 2.67. The molecule has 0 atom stereocenters. The summed E-state index contributed by atoms with van der Waals surface area (Å²) < 4.78 is 26.0. The molecule has 120 valence electrons. The van der Waals surface area contributed by atoms with E-state index in [9.17, 15) is 9.18 Å². The van der Waals surface area contributed by atoms with Gasteiger partial charge in [-0.25, -0.2) is 4.39 Å². The number of carbonyl (C=O) groups is 1. The van der Waals surface area contributed by atoms with E-state index in [0.29, 0.717) is 11.2 Å². The SMILES string of the molecule is CC(C)C(=O)Nc1ccc(B2OC(C)(C)C(C)(C)O2)c(F)c1. The van der Waals surface area contributed by atoms with Crippen LogP contribution in [0.3, 0.4) is 0 Å². The van der Waals surface area contributed by atoms with Crippen molar-refractivity contribution >= 4 is 24.2 Å². The van der Waals surface area contributed by atoms with E-state index in [2.05, 4.69) is 5.32 Å². The van der Waals surface area contributed by atoms with Gasteiger partial charge in [-0.1, -0.05) is 19.9 Å². The predicted molar refractivity (Wildman–Crippen MR) is 85.6 cm³/mol. The Kier molecular flexibility index (Phi) is 4.37. The summed E-state index contributed by atoms with van der Waals surface area (Å²) in [6.45, 7) is 11.2. The lowest BCUT2D eigenvalue weighted by Gasteiger charge is -2.32. The second-order valence-corrected chi connectivity index (χ2v) is 6.97. The second kappa shape index (κ2) is 5.67. The summed E-state index contributed by atoms with van der Waals surface area (Å²) in [5.74, 6) is -0.770. The molecule has 1 heterocycles. The molecule has 0 bridgehead atoms. The van der Waals surface area contributed by atoms with Crippen molar-refractivity contribution < 1.29 is 18.5 Å². The van der Waals surface area contributed by atoms with Gasteiger partial charge in [-0.2, -0.15) is 0 Å². The van der Waals surface area contributed by atoms with E-state index in [1.165, 1.54) is 6.07 Å². The highest BCUT2D eigenvalue weighted by Gasteiger charge is 2.52. The van der Waals surface area contributed by atoms with Crippen molar-refractivity contribution in [2.45, 2.75) is 52.7 Å². The monoisotopic (exact) mass is 307 g/mol. The number of nitrogens with one attached hydrogen (secondary N) is 1. The largest absolute Gasteiger partial charge is 0.497 e. The Labute approximate surface area is 131 Å². The average Bonchev–Trinajstić information content (AvgIpc) is 2.58. The average molecular weight is 307 g/mol. The highest BCUT2D eigenvalue weighted by molar-refractivity contribution is 6.62. The van der Waals surface area contributed by atoms with E-state index < -0.39 is 24.1 Å². The number of hydrogen-bond donors (Lipinski definition) is 1. The molecule has 1 aliphatic rings. The number of benzene rings is 1. The minimum Gasteiger partial charge on any atom is -0.399 e. The molecule has 0 unspecified atom stereocenters. The fourth-order valence-electron chi connectivity index (χ4n) is 2.05. The van der Waals surface area contributed by atoms with Gasteiger partial charge in [0.1, 0.15) is 5.82 Å². The lowest BCUT2D eigenvalue weighted by atomic mass is 9.78. The van der Waals surface area contributed by atoms with Crippen LogP contribution in [0.15, 0.2) is 18.2 Å². The summed E-state index contributed by atoms with van der Waals surface area (Å²) >= 11 is 0. The summed E-state index contributed by atoms with van der Waals surface area (Å²) in [4.78, 5) is 11.7. The van der Waals surface area contributed by atoms with Crippen LogP contribution in [0.1, 0.15) is 41.5 Å². The first-order valence-electron chi connectivity index (χ1n) is 7.49. The van der Waals surface area contributed by atoms with E-state index >= 15 is 0 Å². The molecule has 1 aliphatic heterocycles. The Morgan fingerprint density at radius 3 is 2.18 bits per heavy atom. The lowest BCUT2D eigenvalue weighted by molar-refractivity contribution is -0.118. The number of rotatable bonds is 3. The van der Waals surface area contributed by atoms with Crippen molar-refractivity contribution in [2.75, 3.05) is 5.32 Å². The van der Waals surface area contributed by atoms with Crippen LogP contribution in [0.25, 0.3) is 0 Å². The topological polar surface area (TPSA) is 47.6 Å². The van der Waals surface area contributed by atoms with Crippen molar-refractivity contribution in [3.8, 4) is 0 Å². The van der Waals surface area contributed by atoms with Gasteiger partial charge in [0.05, 0.1) is 11.2 Å². The third-order valence-corrected chi connectivity index (χ3v) is 4.30. The van der Waals surface area contributed by atoms with Crippen LogP contribution in [-0.4, -0.2) is 24.2 Å². The lowest BCUT2D eigenvalue weighted by Crippen LogP contribution is -2.41. The standard InChI is InChI=1S/C16H23BFNO3/c1-10(2)14(20)19-11-7-8-12(13(18)9-11)17-21-15(3,4)16(5,6)22-17/h7-10H,1-6H3,(H,19,20). The van der Waals surface area contributed by atoms with Gasteiger partial charge in [-0.05, 0) is 39.8 Å². The molecule has 1 fully saturated rings. The Morgan fingerprint density at radius 2 is 1.73 bits per heavy atom. The smallest absolute Gasteiger partial charge is 0.399 e. The third kappa shape index (κ3) is 3.18. The molecule has 1 amide bonds. The molecule has 6 heteroatoms. The first-order valence-corrected chi connectivity index (χ1v) is 7.49. The van der Waals surface area contributed by atoms with Gasteiger partial charge in [-0.15, -0.1) is 0 Å². The van der Waals surface area contributed by atoms with Crippen LogP contribution < -0.4 is 10.8 Å². The van der Waals surface area contributed by atoms with Crippen LogP contribution in [-0.2, 0) is 14.1 Å². The summed E-state index contributed by atoms with van der Waals surface area (Å²) in [6.07, 6.45) is 0. The zero-order chi connectivity index (χ0) is 16.7. The Bertz CT molecular complexity index is 571. The van der Waals surface area contributed by atoms with Crippen molar-refractivity contribution in [3.63, 3.8) is 0 Å². The molecule has 2 rings (SSSR count). The van der Waals surface area contributed by atoms with E-state index in [0.717, 1.165) is 0 Å². The fraction of sp³-hybridized carbons (Fsp3) is 0.562. The zero-order valence-electron chi connectivity index (χ0n) is 14.0. The normalized spacial score (nSPS) is 19.5. The number of amides is 1. The van der Waals surface area contributed by atoms with Gasteiger partial charge in [-0.3, -0.25) is 4.79 Å². The van der Waals surface area contributed by atoms with Crippen LogP contribution in [0.2, 0.25) is 0 Å². The quantitative estimate of drug-likeness (QED) is 0.874. The van der Waals surface area contributed by atoms with E-state index in [1.54, 1.807) is 26.0 Å². The third-order valence-electron chi connectivity index (χ3n) is 4.30. The van der Waals surface area contributed by atoms with Crippen molar-refractivity contribution in [3.05, 3.63) is 24.0 Å². The van der Waals surface area contributed by atoms with Gasteiger partial charge < -0.3 is 14.6 Å². The van der Waals surface area contributed by atoms with Crippen LogP contribution in [0, 0.1) is 11.7 Å². The highest BCUT2D eigenvalue weighted by Crippen LogP contribution is 2.36. The number of halogens is 1. The fourth-order valence-corrected chi connectivity index (χ4v) is 2.05. The summed E-state index contributed by atoms with van der Waals surface area (Å²) in [6, 6.07) is 4.54. The first kappa shape index (κ1) is 17.0. The van der Waals surface area contributed by atoms with Crippen molar-refractivity contribution in [1.82, 2.24) is 0 Å². The molecular weight excluding hydrogens is 284 g/mol. The van der Waals surface area contributed by atoms with E-state index in [-0.39, 0.29) is 11.8 Å². The van der Waals surface area contributed by atoms with E-state index in [4.69, 9.17) is 9.31 Å². The molecule has 1 aromatic carbocycles. The zero-order valence-corrected chi connectivity index (χ0v) is 14.0. The van der Waals surface area contributed by atoms with Crippen LogP contribution >= 0.6 is 0 Å². The minimum absolute atomic E-state index is 0.150. The summed E-state index contributed by atoms with van der Waals surface area (Å²) in [7, 11) is -0.750. The molecule has 4 nitrogen and oxygen atoms in total. The molecule has 0 aromatic heterocycles. The molecular formula is C16H23BFNO3. The van der Waals surface area contributed by atoms with Gasteiger partial charge in [0, 0.05) is 17.1 Å². The second-order valence-electron chi connectivity index (χ2n) is 6.97. The maximum atomic E-state index is 14.3. The Balaban J connectivity index is 2.20. The molecule has 0 radical (unpaired) electrons. The number of anilines is 1. The molecule has 1 aromatic rings. The van der Waals surface area contributed by atoms with E-state index in [1.807, 2.05) is 27.7 Å². The molecule has 22 heavy (non-hydrogen) atoms. The van der Waals surface area contributed by atoms with Crippen LogP contribution in [0.5, 0.6) is 0 Å². The minimum atomic E-state index is -0.750. The van der Waals surface area contributed by atoms with Gasteiger partial charge >= 0.3 is 7.12 Å². The van der Waals surface area contributed by atoms with Crippen molar-refractivity contribution in [2.24, 2.45) is 5.92 Å². The predicted octanol–water partition coefficient (Wildman–Crippen LogP) is 2.72. The number of carbonyl (C=O) groups excluding carboxylic acids is 1. The van der Waals surface area contributed by atoms with Gasteiger partial charge in [0.25, 0.3) is 0 Å². The molecule has 0 spiro atoms. The van der Waals surface area contributed by atoms with Crippen LogP contribution in [0.4, 0.5) is 10.1 Å². The van der Waals surface area contributed by atoms with Gasteiger partial charge in [0.2, 0.25) is 5.91 Å². The van der Waals surface area contributed by atoms with Crippen molar-refractivity contribution in [1.29, 1.82) is 0 Å². The number of hydrogen-bond acceptors (Lipinski definition) is 3. The Morgan fingerprint density at radius 1 is 1.18 bits per heavy atom.